The number of aryl methyl sites for hydroxylation is 3. The molecule has 0 radical (unpaired) electrons. The van der Waals surface area contributed by atoms with Crippen LogP contribution in [0.2, 0.25) is 0 Å². The topological polar surface area (TPSA) is 94.2 Å². The molecule has 32 heavy (non-hydrogen) atoms. The van der Waals surface area contributed by atoms with Crippen molar-refractivity contribution in [2.75, 3.05) is 11.4 Å². The van der Waals surface area contributed by atoms with Crippen molar-refractivity contribution >= 4 is 38.3 Å². The molecule has 2 aromatic heterocycles. The van der Waals surface area contributed by atoms with Crippen molar-refractivity contribution in [1.29, 1.82) is 0 Å². The highest BCUT2D eigenvalue weighted by Crippen LogP contribution is 2.33. The van der Waals surface area contributed by atoms with Crippen LogP contribution in [-0.2, 0) is 6.54 Å². The van der Waals surface area contributed by atoms with Crippen LogP contribution >= 0.6 is 11.3 Å². The number of thiazole rings is 1. The zero-order chi connectivity index (χ0) is 22.8. The molecule has 0 aliphatic heterocycles. The molecule has 0 atom stereocenters. The Hall–Kier alpha value is -3.59. The van der Waals surface area contributed by atoms with E-state index in [2.05, 4.69) is 11.1 Å². The van der Waals surface area contributed by atoms with Gasteiger partial charge >= 0.3 is 0 Å². The van der Waals surface area contributed by atoms with E-state index in [0.717, 1.165) is 21.3 Å². The second kappa shape index (κ2) is 8.88. The zero-order valence-electron chi connectivity index (χ0n) is 18.1. The van der Waals surface area contributed by atoms with Gasteiger partial charge in [0.15, 0.2) is 5.13 Å². The predicted octanol–water partition coefficient (Wildman–Crippen LogP) is 5.06. The molecule has 0 aliphatic rings. The number of benzene rings is 2. The molecule has 0 bridgehead atoms. The first-order chi connectivity index (χ1) is 15.4. The van der Waals surface area contributed by atoms with Crippen LogP contribution in [0, 0.1) is 30.9 Å². The average Bonchev–Trinajstić information content (AvgIpc) is 3.43. The number of fused-ring (bicyclic) bond motifs is 1. The van der Waals surface area contributed by atoms with Crippen LogP contribution in [0.5, 0.6) is 0 Å². The third-order valence-electron chi connectivity index (χ3n) is 5.64. The van der Waals surface area contributed by atoms with Crippen molar-refractivity contribution in [3.63, 3.8) is 0 Å². The lowest BCUT2D eigenvalue weighted by atomic mass is 10.1. The van der Waals surface area contributed by atoms with Gasteiger partial charge in [0.1, 0.15) is 0 Å². The van der Waals surface area contributed by atoms with Crippen molar-refractivity contribution in [2.24, 2.45) is 0 Å². The maximum atomic E-state index is 13.6. The first-order valence-corrected chi connectivity index (χ1v) is 11.1. The van der Waals surface area contributed by atoms with Gasteiger partial charge < -0.3 is 4.57 Å². The summed E-state index contributed by atoms with van der Waals surface area (Å²) in [6.45, 7) is 6.80. The maximum Gasteiger partial charge on any atom is 0.273 e. The number of carbonyl (C=O) groups excluding carboxylic acids is 1. The fraction of sp³-hybridized carbons (Fsp3) is 0.261. The average molecular weight is 450 g/mol. The Labute approximate surface area is 189 Å². The molecule has 0 fully saturated rings. The van der Waals surface area contributed by atoms with Crippen LogP contribution in [0.15, 0.2) is 49.1 Å². The number of anilines is 1. The second-order valence-corrected chi connectivity index (χ2v) is 8.68. The second-order valence-electron chi connectivity index (χ2n) is 7.67. The lowest BCUT2D eigenvalue weighted by Gasteiger charge is -2.21. The maximum absolute atomic E-state index is 13.6. The molecule has 4 aromatic rings. The SMILES string of the molecule is Cc1ccc2sc(N(CCCn3ccnc3)C(=O)c3cccc([N+](=O)[O-])c3C)nc2c1C. The molecular formula is C23H23N5O3S. The summed E-state index contributed by atoms with van der Waals surface area (Å²) in [5, 5.41) is 12.0. The smallest absolute Gasteiger partial charge is 0.273 e. The van der Waals surface area contributed by atoms with Gasteiger partial charge in [-0.3, -0.25) is 19.8 Å². The molecule has 9 heteroatoms. The highest BCUT2D eigenvalue weighted by atomic mass is 32.1. The Morgan fingerprint density at radius 2 is 2.00 bits per heavy atom. The third-order valence-corrected chi connectivity index (χ3v) is 6.68. The molecule has 0 unspecified atom stereocenters. The van der Waals surface area contributed by atoms with Crippen LogP contribution in [-0.4, -0.2) is 31.9 Å². The van der Waals surface area contributed by atoms with Gasteiger partial charge in [0, 0.05) is 42.7 Å². The first-order valence-electron chi connectivity index (χ1n) is 10.2. The Kier molecular flexibility index (Phi) is 6.00. The fourth-order valence-corrected chi connectivity index (χ4v) is 4.69. The monoisotopic (exact) mass is 449 g/mol. The van der Waals surface area contributed by atoms with E-state index >= 15 is 0 Å². The van der Waals surface area contributed by atoms with E-state index < -0.39 is 4.92 Å². The molecule has 8 nitrogen and oxygen atoms in total. The molecule has 0 saturated heterocycles. The molecule has 4 rings (SSSR count). The van der Waals surface area contributed by atoms with Gasteiger partial charge in [0.05, 0.1) is 21.5 Å². The summed E-state index contributed by atoms with van der Waals surface area (Å²) in [7, 11) is 0. The number of nitro benzene ring substituents is 1. The number of rotatable bonds is 7. The van der Waals surface area contributed by atoms with Gasteiger partial charge in [-0.2, -0.15) is 0 Å². The van der Waals surface area contributed by atoms with Crippen LogP contribution in [0.3, 0.4) is 0 Å². The van der Waals surface area contributed by atoms with Gasteiger partial charge in [0.25, 0.3) is 11.6 Å². The van der Waals surface area contributed by atoms with Crippen LogP contribution in [0.4, 0.5) is 10.8 Å². The van der Waals surface area contributed by atoms with E-state index in [1.165, 1.54) is 17.4 Å². The minimum Gasteiger partial charge on any atom is -0.337 e. The standard InChI is InChI=1S/C23H23N5O3S/c1-15-8-9-20-21(16(15)2)25-23(32-20)27(12-5-11-26-13-10-24-14-26)22(29)18-6-4-7-19(17(18)3)28(30)31/h4,6-10,13-14H,5,11-12H2,1-3H3. The Bertz CT molecular complexity index is 1300. The summed E-state index contributed by atoms with van der Waals surface area (Å²) in [4.78, 5) is 35.0. The fourth-order valence-electron chi connectivity index (χ4n) is 3.64. The van der Waals surface area contributed by atoms with E-state index in [1.54, 1.807) is 36.5 Å². The van der Waals surface area contributed by atoms with Crippen molar-refractivity contribution in [3.05, 3.63) is 81.4 Å². The molecule has 2 aromatic carbocycles. The highest BCUT2D eigenvalue weighted by Gasteiger charge is 2.26. The third kappa shape index (κ3) is 4.11. The summed E-state index contributed by atoms with van der Waals surface area (Å²) >= 11 is 1.46. The lowest BCUT2D eigenvalue weighted by molar-refractivity contribution is -0.385. The summed E-state index contributed by atoms with van der Waals surface area (Å²) in [5.41, 5.74) is 3.71. The largest absolute Gasteiger partial charge is 0.337 e. The number of carbonyl (C=O) groups is 1. The van der Waals surface area contributed by atoms with Crippen LogP contribution < -0.4 is 4.90 Å². The molecule has 1 amide bonds. The van der Waals surface area contributed by atoms with E-state index in [1.807, 2.05) is 30.7 Å². The number of hydrogen-bond acceptors (Lipinski definition) is 6. The molecular weight excluding hydrogens is 426 g/mol. The zero-order valence-corrected chi connectivity index (χ0v) is 18.9. The summed E-state index contributed by atoms with van der Waals surface area (Å²) in [6, 6.07) is 8.67. The predicted molar refractivity (Wildman–Crippen MR) is 125 cm³/mol. The Morgan fingerprint density at radius 3 is 2.72 bits per heavy atom. The van der Waals surface area contributed by atoms with Gasteiger partial charge in [-0.15, -0.1) is 0 Å². The molecule has 0 aliphatic carbocycles. The molecule has 0 spiro atoms. The number of imidazole rings is 1. The van der Waals surface area contributed by atoms with Gasteiger partial charge in [-0.05, 0) is 50.5 Å². The van der Waals surface area contributed by atoms with Gasteiger partial charge in [-0.25, -0.2) is 9.97 Å². The van der Waals surface area contributed by atoms with Crippen LogP contribution in [0.25, 0.3) is 10.2 Å². The molecule has 0 N–H and O–H groups in total. The minimum absolute atomic E-state index is 0.0648. The van der Waals surface area contributed by atoms with Crippen molar-refractivity contribution in [1.82, 2.24) is 14.5 Å². The number of hydrogen-bond donors (Lipinski definition) is 0. The molecule has 0 saturated carbocycles. The van der Waals surface area contributed by atoms with E-state index in [0.29, 0.717) is 35.8 Å². The Balaban J connectivity index is 1.72. The number of amides is 1. The van der Waals surface area contributed by atoms with Crippen LogP contribution in [0.1, 0.15) is 33.5 Å². The Morgan fingerprint density at radius 1 is 1.19 bits per heavy atom. The number of nitro groups is 1. The molecule has 2 heterocycles. The van der Waals surface area contributed by atoms with E-state index in [9.17, 15) is 14.9 Å². The first kappa shape index (κ1) is 21.6. The highest BCUT2D eigenvalue weighted by molar-refractivity contribution is 7.22. The van der Waals surface area contributed by atoms with Crippen molar-refractivity contribution in [3.8, 4) is 0 Å². The van der Waals surface area contributed by atoms with Crippen molar-refractivity contribution in [2.45, 2.75) is 33.7 Å². The summed E-state index contributed by atoms with van der Waals surface area (Å²) < 4.78 is 2.96. The summed E-state index contributed by atoms with van der Waals surface area (Å²) in [6.07, 6.45) is 6.01. The molecule has 164 valence electrons. The van der Waals surface area contributed by atoms with E-state index in [4.69, 9.17) is 4.98 Å². The van der Waals surface area contributed by atoms with Crippen molar-refractivity contribution < 1.29 is 9.72 Å². The number of aromatic nitrogens is 3. The number of nitrogens with zero attached hydrogens (tertiary/aromatic N) is 5. The minimum atomic E-state index is -0.459. The van der Waals surface area contributed by atoms with Gasteiger partial charge in [0.2, 0.25) is 0 Å². The van der Waals surface area contributed by atoms with E-state index in [-0.39, 0.29) is 11.6 Å². The van der Waals surface area contributed by atoms with Gasteiger partial charge in [-0.1, -0.05) is 23.5 Å². The quantitative estimate of drug-likeness (QED) is 0.290. The lowest BCUT2D eigenvalue weighted by Crippen LogP contribution is -2.33. The normalized spacial score (nSPS) is 11.1. The summed E-state index contributed by atoms with van der Waals surface area (Å²) in [5.74, 6) is -0.287.